The van der Waals surface area contributed by atoms with E-state index in [9.17, 15) is 0 Å². The van der Waals surface area contributed by atoms with Crippen LogP contribution in [-0.2, 0) is 5.41 Å². The van der Waals surface area contributed by atoms with Gasteiger partial charge in [-0.05, 0) is 136 Å². The van der Waals surface area contributed by atoms with Gasteiger partial charge in [0.15, 0.2) is 0 Å². The lowest BCUT2D eigenvalue weighted by Gasteiger charge is -2.30. The van der Waals surface area contributed by atoms with Crippen LogP contribution in [0.2, 0.25) is 0 Å². The third-order valence-electron chi connectivity index (χ3n) is 12.7. The number of rotatable bonds is 8. The lowest BCUT2D eigenvalue weighted by Crippen LogP contribution is -2.25. The van der Waals surface area contributed by atoms with Crippen molar-refractivity contribution in [3.8, 4) is 44.5 Å². The van der Waals surface area contributed by atoms with Gasteiger partial charge in [0.2, 0.25) is 0 Å². The van der Waals surface area contributed by atoms with Gasteiger partial charge in [-0.3, -0.25) is 0 Å². The molecule has 278 valence electrons. The summed E-state index contributed by atoms with van der Waals surface area (Å²) in [5.74, 6) is 0. The number of hydrogen-bond donors (Lipinski definition) is 0. The minimum Gasteiger partial charge on any atom is -0.0991 e. The highest BCUT2D eigenvalue weighted by molar-refractivity contribution is 6.09. The first kappa shape index (κ1) is 34.9. The van der Waals surface area contributed by atoms with Crippen LogP contribution in [0.5, 0.6) is 0 Å². The summed E-state index contributed by atoms with van der Waals surface area (Å²) < 4.78 is 0. The molecule has 0 radical (unpaired) electrons. The molecule has 0 amide bonds. The van der Waals surface area contributed by atoms with E-state index in [4.69, 9.17) is 0 Å². The molecule has 59 heavy (non-hydrogen) atoms. The third-order valence-corrected chi connectivity index (χ3v) is 12.7. The minimum absolute atomic E-state index is 0.343. The molecule has 0 saturated heterocycles. The van der Waals surface area contributed by atoms with E-state index in [1.807, 2.05) is 12.2 Å². The van der Waals surface area contributed by atoms with Crippen molar-refractivity contribution in [2.24, 2.45) is 0 Å². The van der Waals surface area contributed by atoms with E-state index in [1.54, 1.807) is 0 Å². The quantitative estimate of drug-likeness (QED) is 0.0824. The molecular formula is C59H42. The smallest absolute Gasteiger partial charge is 0.0725 e. The monoisotopic (exact) mass is 750 g/mol. The summed E-state index contributed by atoms with van der Waals surface area (Å²) in [6, 6.07) is 72.6. The lowest BCUT2D eigenvalue weighted by molar-refractivity contribution is 0.794. The van der Waals surface area contributed by atoms with Crippen LogP contribution in [0.15, 0.2) is 225 Å². The average Bonchev–Trinajstić information content (AvgIpc) is 3.77. The molecule has 0 nitrogen and oxygen atoms in total. The van der Waals surface area contributed by atoms with E-state index in [2.05, 4.69) is 213 Å². The molecule has 0 aliphatic heterocycles. The van der Waals surface area contributed by atoms with E-state index in [0.29, 0.717) is 0 Å². The highest BCUT2D eigenvalue weighted by atomic mass is 14.5. The van der Waals surface area contributed by atoms with Crippen LogP contribution in [0, 0.1) is 0 Å². The Kier molecular flexibility index (Phi) is 8.45. The molecule has 0 unspecified atom stereocenters. The van der Waals surface area contributed by atoms with E-state index in [1.165, 1.54) is 105 Å². The molecule has 2 aliphatic rings. The number of hydrogen-bond acceptors (Lipinski definition) is 0. The lowest BCUT2D eigenvalue weighted by atomic mass is 9.70. The number of allylic oxidation sites excluding steroid dienone is 4. The van der Waals surface area contributed by atoms with Crippen molar-refractivity contribution in [2.75, 3.05) is 0 Å². The van der Waals surface area contributed by atoms with Crippen molar-refractivity contribution in [1.82, 2.24) is 0 Å². The molecule has 9 aromatic carbocycles. The van der Waals surface area contributed by atoms with Crippen molar-refractivity contribution in [3.05, 3.63) is 258 Å². The molecule has 2 aliphatic carbocycles. The predicted octanol–water partition coefficient (Wildman–Crippen LogP) is 15.6. The summed E-state index contributed by atoms with van der Waals surface area (Å²) in [7, 11) is 0. The van der Waals surface area contributed by atoms with Gasteiger partial charge in [0.1, 0.15) is 0 Å². The Bertz CT molecular complexity index is 3090. The third kappa shape index (κ3) is 5.59. The Morgan fingerprint density at radius 3 is 1.47 bits per heavy atom. The topological polar surface area (TPSA) is 0 Å². The largest absolute Gasteiger partial charge is 0.0991 e. The Morgan fingerprint density at radius 1 is 0.407 bits per heavy atom. The molecule has 0 fully saturated rings. The molecule has 0 heteroatoms. The van der Waals surface area contributed by atoms with Gasteiger partial charge in [0, 0.05) is 0 Å². The fraction of sp³-hybridized carbons (Fsp3) is 0.0508. The van der Waals surface area contributed by atoms with Crippen LogP contribution in [0.1, 0.15) is 46.2 Å². The molecule has 11 rings (SSSR count). The Balaban J connectivity index is 0.938. The van der Waals surface area contributed by atoms with Crippen molar-refractivity contribution < 1.29 is 0 Å². The minimum atomic E-state index is -0.343. The van der Waals surface area contributed by atoms with E-state index in [0.717, 1.165) is 12.8 Å². The van der Waals surface area contributed by atoms with Crippen molar-refractivity contribution in [3.63, 3.8) is 0 Å². The Hall–Kier alpha value is -7.28. The first-order valence-electron chi connectivity index (χ1n) is 20.8. The molecule has 0 atom stereocenters. The van der Waals surface area contributed by atoms with Crippen LogP contribution in [0.4, 0.5) is 0 Å². The van der Waals surface area contributed by atoms with Gasteiger partial charge in [-0.15, -0.1) is 0 Å². The summed E-state index contributed by atoms with van der Waals surface area (Å²) in [4.78, 5) is 0. The van der Waals surface area contributed by atoms with Crippen molar-refractivity contribution in [1.29, 1.82) is 0 Å². The average molecular weight is 751 g/mol. The fourth-order valence-corrected chi connectivity index (χ4v) is 10.1. The van der Waals surface area contributed by atoms with Crippen LogP contribution >= 0.6 is 0 Å². The SMILES string of the molecule is C=C/C=C\CC/C=C(\c1ccccc1)c1ccc(-c2ccc3c(ccc4cc(-c5ccc6c(c5)C5(c7ccccc7-c7ccccc75)c5ccccc5-6)ccc43)c2)cc1. The fourth-order valence-electron chi connectivity index (χ4n) is 10.1. The van der Waals surface area contributed by atoms with Gasteiger partial charge in [-0.2, -0.15) is 0 Å². The van der Waals surface area contributed by atoms with Crippen LogP contribution in [0.25, 0.3) is 71.6 Å². The maximum absolute atomic E-state index is 3.80. The molecule has 0 bridgehead atoms. The van der Waals surface area contributed by atoms with Gasteiger partial charge >= 0.3 is 0 Å². The number of fused-ring (bicyclic) bond motifs is 13. The number of unbranched alkanes of at least 4 members (excludes halogenated alkanes) is 1. The first-order valence-corrected chi connectivity index (χ1v) is 20.8. The maximum atomic E-state index is 3.80. The van der Waals surface area contributed by atoms with E-state index in [-0.39, 0.29) is 5.41 Å². The van der Waals surface area contributed by atoms with Gasteiger partial charge in [0.25, 0.3) is 0 Å². The maximum Gasteiger partial charge on any atom is 0.0725 e. The van der Waals surface area contributed by atoms with Gasteiger partial charge in [-0.1, -0.05) is 207 Å². The molecular weight excluding hydrogens is 709 g/mol. The standard InChI is InChI=1S/C59H42/c1-2-3-4-5-9-18-48(41-16-7-6-8-17-41)42-27-25-40(26-28-42)43-31-34-49-46(37-43)29-30-47-38-44(32-35-50(47)49)45-33-36-54-53-21-12-15-24-57(53)59(58(54)39-45)55-22-13-10-19-51(55)52-20-11-14-23-56(52)59/h2-4,6-8,10-39H,1,5,9H2/b4-3-,48-18+. The van der Waals surface area contributed by atoms with E-state index < -0.39 is 0 Å². The second kappa shape index (κ2) is 14.3. The summed E-state index contributed by atoms with van der Waals surface area (Å²) >= 11 is 0. The molecule has 0 saturated carbocycles. The summed E-state index contributed by atoms with van der Waals surface area (Å²) in [6.07, 6.45) is 10.4. The Morgan fingerprint density at radius 2 is 0.881 bits per heavy atom. The van der Waals surface area contributed by atoms with Crippen LogP contribution in [0.3, 0.4) is 0 Å². The zero-order valence-corrected chi connectivity index (χ0v) is 32.9. The van der Waals surface area contributed by atoms with E-state index >= 15 is 0 Å². The number of benzene rings is 9. The molecule has 0 heterocycles. The second-order valence-corrected chi connectivity index (χ2v) is 15.9. The summed E-state index contributed by atoms with van der Waals surface area (Å²) in [5, 5.41) is 5.05. The zero-order chi connectivity index (χ0) is 39.3. The van der Waals surface area contributed by atoms with Gasteiger partial charge in [0.05, 0.1) is 5.41 Å². The summed E-state index contributed by atoms with van der Waals surface area (Å²) in [5.41, 5.74) is 19.2. The van der Waals surface area contributed by atoms with Gasteiger partial charge in [-0.25, -0.2) is 0 Å². The first-order chi connectivity index (χ1) is 29.2. The van der Waals surface area contributed by atoms with Crippen LogP contribution in [-0.4, -0.2) is 0 Å². The molecule has 0 aromatic heterocycles. The van der Waals surface area contributed by atoms with Gasteiger partial charge < -0.3 is 0 Å². The highest BCUT2D eigenvalue weighted by Crippen LogP contribution is 2.63. The Labute approximate surface area is 346 Å². The second-order valence-electron chi connectivity index (χ2n) is 15.9. The normalized spacial score (nSPS) is 13.5. The highest BCUT2D eigenvalue weighted by Gasteiger charge is 2.51. The molecule has 0 N–H and O–H groups in total. The van der Waals surface area contributed by atoms with Crippen molar-refractivity contribution in [2.45, 2.75) is 18.3 Å². The van der Waals surface area contributed by atoms with Crippen LogP contribution < -0.4 is 0 Å². The predicted molar refractivity (Wildman–Crippen MR) is 251 cm³/mol. The van der Waals surface area contributed by atoms with Crippen molar-refractivity contribution >= 4 is 27.1 Å². The zero-order valence-electron chi connectivity index (χ0n) is 32.9. The summed E-state index contributed by atoms with van der Waals surface area (Å²) in [6.45, 7) is 3.80. The molecule has 1 spiro atoms. The molecule has 9 aromatic rings.